The number of halogens is 4. The van der Waals surface area contributed by atoms with E-state index < -0.39 is 35.4 Å². The van der Waals surface area contributed by atoms with E-state index in [-0.39, 0.29) is 5.56 Å². The van der Waals surface area contributed by atoms with Crippen LogP contribution in [-0.2, 0) is 12.8 Å². The highest BCUT2D eigenvalue weighted by molar-refractivity contribution is 7.94. The van der Waals surface area contributed by atoms with E-state index in [2.05, 4.69) is 0 Å². The lowest BCUT2D eigenvalue weighted by Gasteiger charge is -2.10. The number of aliphatic hydroxyl groups is 1. The smallest absolute Gasteiger partial charge is 0.392 e. The van der Waals surface area contributed by atoms with Crippen molar-refractivity contribution in [1.29, 1.82) is 0 Å². The van der Waals surface area contributed by atoms with Crippen molar-refractivity contribution in [2.24, 2.45) is 0 Å². The summed E-state index contributed by atoms with van der Waals surface area (Å²) in [5.41, 5.74) is -0.952. The minimum absolute atomic E-state index is 0.107. The number of aliphatic hydroxyl groups excluding tert-OH is 1. The highest BCUT2D eigenvalue weighted by atomic mass is 32.2. The van der Waals surface area contributed by atoms with Gasteiger partial charge < -0.3 is 5.11 Å². The molecule has 0 saturated heterocycles. The van der Waals surface area contributed by atoms with E-state index in [1.165, 1.54) is 6.07 Å². The maximum atomic E-state index is 12.3. The Morgan fingerprint density at radius 2 is 1.93 bits per heavy atom. The fourth-order valence-corrected chi connectivity index (χ4v) is 1.34. The van der Waals surface area contributed by atoms with Crippen LogP contribution in [0.3, 0.4) is 0 Å². The standard InChI is InChI=1S/C8H6F4OS/c9-8(10,11)6-3-5(4-13)1-2-7(6)14-12/h1-3,13H,4H2. The number of hydrogen-bond donors (Lipinski definition) is 1. The van der Waals surface area contributed by atoms with E-state index in [9.17, 15) is 17.1 Å². The van der Waals surface area contributed by atoms with Gasteiger partial charge in [-0.15, -0.1) is 0 Å². The molecular weight excluding hydrogens is 220 g/mol. The van der Waals surface area contributed by atoms with Gasteiger partial charge in [0.15, 0.2) is 0 Å². The van der Waals surface area contributed by atoms with Gasteiger partial charge in [-0.05, 0) is 17.7 Å². The van der Waals surface area contributed by atoms with Crippen molar-refractivity contribution >= 4 is 12.1 Å². The average molecular weight is 226 g/mol. The van der Waals surface area contributed by atoms with Gasteiger partial charge in [0.25, 0.3) is 0 Å². The molecule has 0 aliphatic carbocycles. The molecule has 0 bridgehead atoms. The number of hydrogen-bond acceptors (Lipinski definition) is 2. The van der Waals surface area contributed by atoms with Crippen molar-refractivity contribution in [2.45, 2.75) is 17.7 Å². The zero-order valence-corrected chi connectivity index (χ0v) is 7.62. The Hall–Kier alpha value is -0.750. The molecule has 14 heavy (non-hydrogen) atoms. The second-order valence-corrected chi connectivity index (χ2v) is 3.16. The molecule has 78 valence electrons. The summed E-state index contributed by atoms with van der Waals surface area (Å²) in [5, 5.41) is 8.62. The van der Waals surface area contributed by atoms with E-state index in [0.717, 1.165) is 12.1 Å². The lowest BCUT2D eigenvalue weighted by Crippen LogP contribution is -2.07. The molecule has 0 aliphatic rings. The van der Waals surface area contributed by atoms with Crippen molar-refractivity contribution in [2.75, 3.05) is 0 Å². The van der Waals surface area contributed by atoms with Gasteiger partial charge in [-0.25, -0.2) is 0 Å². The molecule has 1 aromatic rings. The maximum Gasteiger partial charge on any atom is 0.417 e. The quantitative estimate of drug-likeness (QED) is 0.781. The number of alkyl halides is 3. The van der Waals surface area contributed by atoms with E-state index in [0.29, 0.717) is 0 Å². The van der Waals surface area contributed by atoms with Crippen molar-refractivity contribution in [3.05, 3.63) is 29.3 Å². The summed E-state index contributed by atoms with van der Waals surface area (Å²) in [7, 11) is 0. The molecule has 0 saturated carbocycles. The molecule has 0 atom stereocenters. The SMILES string of the molecule is OCc1ccc(SF)c(C(F)(F)F)c1. The highest BCUT2D eigenvalue weighted by Gasteiger charge is 2.33. The van der Waals surface area contributed by atoms with Gasteiger partial charge in [0, 0.05) is 0 Å². The van der Waals surface area contributed by atoms with Crippen molar-refractivity contribution in [1.82, 2.24) is 0 Å². The van der Waals surface area contributed by atoms with Gasteiger partial charge in [-0.2, -0.15) is 17.1 Å². The first-order valence-corrected chi connectivity index (χ1v) is 4.30. The molecule has 1 nitrogen and oxygen atoms in total. The summed E-state index contributed by atoms with van der Waals surface area (Å²) in [6, 6.07) is 2.98. The molecule has 0 unspecified atom stereocenters. The van der Waals surface area contributed by atoms with Gasteiger partial charge in [0.05, 0.1) is 29.2 Å². The van der Waals surface area contributed by atoms with Gasteiger partial charge in [0.2, 0.25) is 0 Å². The molecule has 0 radical (unpaired) electrons. The number of benzene rings is 1. The topological polar surface area (TPSA) is 20.2 Å². The molecule has 0 spiro atoms. The molecule has 0 heterocycles. The molecule has 1 N–H and O–H groups in total. The Kier molecular flexibility index (Phi) is 3.38. The molecule has 0 aliphatic heterocycles. The van der Waals surface area contributed by atoms with Crippen LogP contribution in [0.15, 0.2) is 23.1 Å². The third-order valence-corrected chi connectivity index (χ3v) is 2.14. The highest BCUT2D eigenvalue weighted by Crippen LogP contribution is 2.37. The Morgan fingerprint density at radius 3 is 2.36 bits per heavy atom. The van der Waals surface area contributed by atoms with Crippen LogP contribution in [0.5, 0.6) is 0 Å². The monoisotopic (exact) mass is 226 g/mol. The van der Waals surface area contributed by atoms with E-state index in [4.69, 9.17) is 5.11 Å². The fourth-order valence-electron chi connectivity index (χ4n) is 0.964. The Morgan fingerprint density at radius 1 is 1.29 bits per heavy atom. The fraction of sp³-hybridized carbons (Fsp3) is 0.250. The summed E-state index contributed by atoms with van der Waals surface area (Å²) in [6.07, 6.45) is -4.60. The molecule has 1 aromatic carbocycles. The minimum Gasteiger partial charge on any atom is -0.392 e. The molecular formula is C8H6F4OS. The molecule has 1 rings (SSSR count). The van der Waals surface area contributed by atoms with E-state index in [1.807, 2.05) is 0 Å². The molecule has 6 heteroatoms. The second-order valence-electron chi connectivity index (χ2n) is 2.56. The average Bonchev–Trinajstić information content (AvgIpc) is 2.15. The first kappa shape index (κ1) is 11.3. The predicted octanol–water partition coefficient (Wildman–Crippen LogP) is 3.17. The van der Waals surface area contributed by atoms with Crippen LogP contribution in [0.25, 0.3) is 0 Å². The zero-order valence-electron chi connectivity index (χ0n) is 6.81. The Bertz CT molecular complexity index is 324. The summed E-state index contributed by atoms with van der Waals surface area (Å²) < 4.78 is 49.0. The first-order chi connectivity index (χ1) is 6.49. The van der Waals surface area contributed by atoms with Crippen LogP contribution in [0.4, 0.5) is 17.1 Å². The van der Waals surface area contributed by atoms with Crippen molar-refractivity contribution in [3.63, 3.8) is 0 Å². The zero-order chi connectivity index (χ0) is 10.8. The third-order valence-electron chi connectivity index (χ3n) is 1.62. The summed E-state index contributed by atoms with van der Waals surface area (Å²) in [5.74, 6) is 0. The van der Waals surface area contributed by atoms with Gasteiger partial charge in [0.1, 0.15) is 0 Å². The first-order valence-electron chi connectivity index (χ1n) is 3.58. The molecule has 0 fully saturated rings. The molecule has 0 aromatic heterocycles. The second kappa shape index (κ2) is 4.18. The maximum absolute atomic E-state index is 12.3. The normalized spacial score (nSPS) is 11.8. The largest absolute Gasteiger partial charge is 0.417 e. The van der Waals surface area contributed by atoms with E-state index in [1.54, 1.807) is 0 Å². The lowest BCUT2D eigenvalue weighted by molar-refractivity contribution is -0.139. The van der Waals surface area contributed by atoms with Gasteiger partial charge in [-0.1, -0.05) is 6.07 Å². The van der Waals surface area contributed by atoms with Crippen LogP contribution in [0.1, 0.15) is 11.1 Å². The van der Waals surface area contributed by atoms with Crippen LogP contribution >= 0.6 is 12.1 Å². The Labute approximate surface area is 82.0 Å². The van der Waals surface area contributed by atoms with Gasteiger partial charge in [-0.3, -0.25) is 0 Å². The Balaban J connectivity index is 3.22. The lowest BCUT2D eigenvalue weighted by atomic mass is 10.1. The van der Waals surface area contributed by atoms with Crippen LogP contribution in [0, 0.1) is 0 Å². The predicted molar refractivity (Wildman–Crippen MR) is 44.3 cm³/mol. The van der Waals surface area contributed by atoms with Crippen LogP contribution < -0.4 is 0 Å². The summed E-state index contributed by atoms with van der Waals surface area (Å²) >= 11 is -0.460. The summed E-state index contributed by atoms with van der Waals surface area (Å²) in [6.45, 7) is -0.500. The van der Waals surface area contributed by atoms with Crippen LogP contribution in [0.2, 0.25) is 0 Å². The minimum atomic E-state index is -4.60. The summed E-state index contributed by atoms with van der Waals surface area (Å²) in [4.78, 5) is -0.491. The third kappa shape index (κ3) is 2.39. The van der Waals surface area contributed by atoms with Crippen LogP contribution in [-0.4, -0.2) is 5.11 Å². The number of rotatable bonds is 2. The van der Waals surface area contributed by atoms with E-state index >= 15 is 0 Å². The van der Waals surface area contributed by atoms with Gasteiger partial charge >= 0.3 is 6.18 Å². The van der Waals surface area contributed by atoms with Crippen molar-refractivity contribution in [3.8, 4) is 0 Å². The molecule has 0 amide bonds. The van der Waals surface area contributed by atoms with Crippen molar-refractivity contribution < 1.29 is 22.2 Å².